The van der Waals surface area contributed by atoms with Crippen molar-refractivity contribution in [2.24, 2.45) is 0 Å². The number of hydrogen-bond acceptors (Lipinski definition) is 6. The van der Waals surface area contributed by atoms with E-state index >= 15 is 0 Å². The van der Waals surface area contributed by atoms with Gasteiger partial charge in [-0.15, -0.1) is 0 Å². The van der Waals surface area contributed by atoms with Crippen molar-refractivity contribution in [3.63, 3.8) is 0 Å². The Kier molecular flexibility index (Phi) is 8.20. The van der Waals surface area contributed by atoms with E-state index in [0.29, 0.717) is 37.7 Å². The summed E-state index contributed by atoms with van der Waals surface area (Å²) >= 11 is 6.28. The van der Waals surface area contributed by atoms with Gasteiger partial charge in [0.05, 0.1) is 32.5 Å². The number of morpholine rings is 1. The van der Waals surface area contributed by atoms with E-state index in [9.17, 15) is 9.90 Å². The SMILES string of the molecule is CCOC(=O)N1CCc2c([nH]c3ccc(Cl)cc23)C1c1ccc(OCCC(O)CN2CCOCC2)cc1. The Balaban J connectivity index is 1.30. The number of carbonyl (C=O) groups is 1. The lowest BCUT2D eigenvalue weighted by atomic mass is 9.92. The van der Waals surface area contributed by atoms with Gasteiger partial charge in [0.25, 0.3) is 0 Å². The molecule has 2 N–H and O–H groups in total. The van der Waals surface area contributed by atoms with Crippen molar-refractivity contribution in [2.45, 2.75) is 31.9 Å². The van der Waals surface area contributed by atoms with Crippen LogP contribution in [0.25, 0.3) is 10.9 Å². The van der Waals surface area contributed by atoms with Gasteiger partial charge in [0.1, 0.15) is 11.8 Å². The summed E-state index contributed by atoms with van der Waals surface area (Å²) in [6.07, 6.45) is 0.509. The Morgan fingerprint density at radius 2 is 1.97 bits per heavy atom. The number of halogens is 1. The fraction of sp³-hybridized carbons (Fsp3) is 0.464. The molecule has 0 saturated carbocycles. The first-order valence-corrected chi connectivity index (χ1v) is 13.4. The lowest BCUT2D eigenvalue weighted by molar-refractivity contribution is 0.0108. The summed E-state index contributed by atoms with van der Waals surface area (Å²) in [5, 5.41) is 12.1. The monoisotopic (exact) mass is 527 g/mol. The molecule has 1 aromatic heterocycles. The average Bonchev–Trinajstić information content (AvgIpc) is 3.27. The van der Waals surface area contributed by atoms with E-state index in [1.54, 1.807) is 4.90 Å². The second kappa shape index (κ2) is 11.7. The number of amides is 1. The number of ether oxygens (including phenoxy) is 3. The molecule has 198 valence electrons. The molecule has 0 spiro atoms. The minimum atomic E-state index is -0.438. The number of aliphatic hydroxyl groups is 1. The van der Waals surface area contributed by atoms with Crippen LogP contribution >= 0.6 is 11.6 Å². The van der Waals surface area contributed by atoms with Gasteiger partial charge in [-0.2, -0.15) is 0 Å². The molecule has 2 aromatic carbocycles. The summed E-state index contributed by atoms with van der Waals surface area (Å²) in [5.74, 6) is 0.726. The van der Waals surface area contributed by atoms with E-state index < -0.39 is 6.10 Å². The van der Waals surface area contributed by atoms with Gasteiger partial charge < -0.3 is 24.3 Å². The molecule has 2 aliphatic rings. The summed E-state index contributed by atoms with van der Waals surface area (Å²) < 4.78 is 16.7. The smallest absolute Gasteiger partial charge is 0.410 e. The van der Waals surface area contributed by atoms with E-state index in [2.05, 4.69) is 9.88 Å². The van der Waals surface area contributed by atoms with Crippen LogP contribution in [0.3, 0.4) is 0 Å². The Bertz CT molecular complexity index is 1210. The minimum absolute atomic E-state index is 0.307. The normalized spacial score (nSPS) is 19.0. The van der Waals surface area contributed by atoms with E-state index in [0.717, 1.165) is 60.6 Å². The quantitative estimate of drug-likeness (QED) is 0.452. The van der Waals surface area contributed by atoms with Gasteiger partial charge in [-0.3, -0.25) is 9.80 Å². The number of β-amino-alcohol motifs (C(OH)–C–C–N with tert-alkyl or cyclic N) is 1. The zero-order valence-corrected chi connectivity index (χ0v) is 21.9. The van der Waals surface area contributed by atoms with Gasteiger partial charge in [-0.25, -0.2) is 4.79 Å². The number of aromatic amines is 1. The van der Waals surface area contributed by atoms with Crippen molar-refractivity contribution < 1.29 is 24.1 Å². The second-order valence-corrected chi connectivity index (χ2v) is 9.96. The number of hydrogen-bond donors (Lipinski definition) is 2. The van der Waals surface area contributed by atoms with E-state index in [1.807, 2.05) is 49.4 Å². The molecule has 2 atom stereocenters. The molecule has 8 nitrogen and oxygen atoms in total. The van der Waals surface area contributed by atoms with E-state index in [4.69, 9.17) is 25.8 Å². The highest BCUT2D eigenvalue weighted by molar-refractivity contribution is 6.31. The predicted molar refractivity (Wildman–Crippen MR) is 142 cm³/mol. The Morgan fingerprint density at radius 1 is 1.19 bits per heavy atom. The lowest BCUT2D eigenvalue weighted by Crippen LogP contribution is -2.41. The molecule has 5 rings (SSSR count). The van der Waals surface area contributed by atoms with Crippen molar-refractivity contribution in [1.82, 2.24) is 14.8 Å². The second-order valence-electron chi connectivity index (χ2n) is 9.52. The van der Waals surface area contributed by atoms with Crippen LogP contribution in [0.15, 0.2) is 42.5 Å². The standard InChI is InChI=1S/C28H34ClN3O5/c1-2-36-28(34)32-11-9-23-24-17-20(29)5-8-25(24)30-26(23)27(32)19-3-6-22(7-4-19)37-14-10-21(33)18-31-12-15-35-16-13-31/h3-8,17,21,27,30,33H,2,9-16,18H2,1H3. The number of rotatable bonds is 8. The molecule has 0 aliphatic carbocycles. The number of H-pyrrole nitrogens is 1. The van der Waals surface area contributed by atoms with Gasteiger partial charge in [0.15, 0.2) is 0 Å². The maximum Gasteiger partial charge on any atom is 0.410 e. The topological polar surface area (TPSA) is 87.3 Å². The predicted octanol–water partition coefficient (Wildman–Crippen LogP) is 4.39. The zero-order chi connectivity index (χ0) is 25.8. The Morgan fingerprint density at radius 3 is 2.73 bits per heavy atom. The fourth-order valence-electron chi connectivity index (χ4n) is 5.24. The van der Waals surface area contributed by atoms with Crippen LogP contribution in [0.4, 0.5) is 4.79 Å². The highest BCUT2D eigenvalue weighted by Crippen LogP contribution is 2.39. The summed E-state index contributed by atoms with van der Waals surface area (Å²) in [5.41, 5.74) is 4.13. The van der Waals surface area contributed by atoms with Crippen LogP contribution in [0.1, 0.15) is 36.2 Å². The van der Waals surface area contributed by atoms with Crippen molar-refractivity contribution in [2.75, 3.05) is 52.6 Å². The first kappa shape index (κ1) is 25.9. The molecule has 1 fully saturated rings. The molecule has 0 bridgehead atoms. The molecule has 3 aromatic rings. The number of benzene rings is 2. The van der Waals surface area contributed by atoms with Gasteiger partial charge in [0.2, 0.25) is 0 Å². The number of aromatic nitrogens is 1. The zero-order valence-electron chi connectivity index (χ0n) is 21.1. The van der Waals surface area contributed by atoms with Crippen LogP contribution in [0.5, 0.6) is 5.75 Å². The maximum atomic E-state index is 12.9. The summed E-state index contributed by atoms with van der Waals surface area (Å²) in [7, 11) is 0. The fourth-order valence-corrected chi connectivity index (χ4v) is 5.41. The first-order valence-electron chi connectivity index (χ1n) is 13.0. The highest BCUT2D eigenvalue weighted by Gasteiger charge is 2.35. The van der Waals surface area contributed by atoms with Crippen molar-refractivity contribution in [3.8, 4) is 5.75 Å². The molecule has 1 amide bonds. The van der Waals surface area contributed by atoms with Crippen LogP contribution in [0, 0.1) is 0 Å². The Hall–Kier alpha value is -2.78. The minimum Gasteiger partial charge on any atom is -0.493 e. The number of carbonyl (C=O) groups excluding carboxylic acids is 1. The average molecular weight is 528 g/mol. The van der Waals surface area contributed by atoms with Crippen LogP contribution in [0.2, 0.25) is 5.02 Å². The van der Waals surface area contributed by atoms with Crippen LogP contribution < -0.4 is 4.74 Å². The molecular formula is C28H34ClN3O5. The summed E-state index contributed by atoms with van der Waals surface area (Å²) in [4.78, 5) is 20.4. The molecule has 2 unspecified atom stereocenters. The van der Waals surface area contributed by atoms with Gasteiger partial charge >= 0.3 is 6.09 Å². The molecule has 1 saturated heterocycles. The third-order valence-electron chi connectivity index (χ3n) is 7.08. The molecule has 9 heteroatoms. The lowest BCUT2D eigenvalue weighted by Gasteiger charge is -2.35. The third kappa shape index (κ3) is 5.88. The van der Waals surface area contributed by atoms with Crippen molar-refractivity contribution >= 4 is 28.6 Å². The van der Waals surface area contributed by atoms with Crippen LogP contribution in [-0.4, -0.2) is 84.7 Å². The maximum absolute atomic E-state index is 12.9. The van der Waals surface area contributed by atoms with Gasteiger partial charge in [0, 0.05) is 54.2 Å². The number of nitrogens with zero attached hydrogens (tertiary/aromatic N) is 2. The third-order valence-corrected chi connectivity index (χ3v) is 7.31. The molecule has 37 heavy (non-hydrogen) atoms. The highest BCUT2D eigenvalue weighted by atomic mass is 35.5. The largest absolute Gasteiger partial charge is 0.493 e. The summed E-state index contributed by atoms with van der Waals surface area (Å²) in [6, 6.07) is 13.3. The van der Waals surface area contributed by atoms with Crippen molar-refractivity contribution in [1.29, 1.82) is 0 Å². The number of nitrogens with one attached hydrogen (secondary N) is 1. The summed E-state index contributed by atoms with van der Waals surface area (Å²) in [6.45, 7) is 6.90. The molecule has 0 radical (unpaired) electrons. The molecular weight excluding hydrogens is 494 g/mol. The van der Waals surface area contributed by atoms with Crippen LogP contribution in [-0.2, 0) is 15.9 Å². The van der Waals surface area contributed by atoms with Crippen molar-refractivity contribution in [3.05, 3.63) is 64.3 Å². The van der Waals surface area contributed by atoms with E-state index in [-0.39, 0.29) is 12.1 Å². The first-order chi connectivity index (χ1) is 18.0. The van der Waals surface area contributed by atoms with Gasteiger partial charge in [-0.1, -0.05) is 23.7 Å². The number of aliphatic hydroxyl groups excluding tert-OH is 1. The molecule has 3 heterocycles. The Labute approximate surface area is 222 Å². The van der Waals surface area contributed by atoms with Gasteiger partial charge in [-0.05, 0) is 54.8 Å². The molecule has 2 aliphatic heterocycles. The van der Waals surface area contributed by atoms with E-state index in [1.165, 1.54) is 5.56 Å². The number of fused-ring (bicyclic) bond motifs is 3.